The quantitative estimate of drug-likeness (QED) is 0.113. The predicted octanol–water partition coefficient (Wildman–Crippen LogP) is 8.86. The first kappa shape index (κ1) is 32.7. The SMILES string of the molecule is CCn1c(-c2ccccc2CN(C)C)c(CC(C)(C)CO)c2cc(-c3cc(C)cc(CCCCCC(C)C=O)c3)ccc21. The van der Waals surface area contributed by atoms with E-state index in [0.29, 0.717) is 0 Å². The summed E-state index contributed by atoms with van der Waals surface area (Å²) in [6.07, 6.45) is 7.31. The maximum atomic E-state index is 10.9. The van der Waals surface area contributed by atoms with Gasteiger partial charge in [0.1, 0.15) is 6.29 Å². The van der Waals surface area contributed by atoms with E-state index in [4.69, 9.17) is 0 Å². The van der Waals surface area contributed by atoms with Crippen molar-refractivity contribution in [3.63, 3.8) is 0 Å². The average molecular weight is 581 g/mol. The third-order valence-electron chi connectivity index (χ3n) is 8.65. The molecule has 0 amide bonds. The van der Waals surface area contributed by atoms with Gasteiger partial charge in [-0.1, -0.05) is 87.7 Å². The van der Waals surface area contributed by atoms with E-state index in [9.17, 15) is 9.90 Å². The Kier molecular flexibility index (Phi) is 11.0. The fourth-order valence-electron chi connectivity index (χ4n) is 6.40. The Labute approximate surface area is 259 Å². The topological polar surface area (TPSA) is 45.5 Å². The van der Waals surface area contributed by atoms with E-state index in [2.05, 4.69) is 112 Å². The van der Waals surface area contributed by atoms with Crippen LogP contribution in [-0.4, -0.2) is 41.6 Å². The number of aliphatic hydroxyl groups is 1. The number of unbranched alkanes of at least 4 members (excludes halogenated alkanes) is 2. The molecule has 1 aromatic heterocycles. The van der Waals surface area contributed by atoms with Gasteiger partial charge in [0.05, 0.1) is 5.69 Å². The molecule has 0 fully saturated rings. The van der Waals surface area contributed by atoms with Gasteiger partial charge in [0.2, 0.25) is 0 Å². The molecule has 0 bridgehead atoms. The highest BCUT2D eigenvalue weighted by atomic mass is 16.3. The molecule has 0 aliphatic heterocycles. The van der Waals surface area contributed by atoms with Crippen molar-refractivity contribution in [2.24, 2.45) is 11.3 Å². The van der Waals surface area contributed by atoms with Gasteiger partial charge in [-0.25, -0.2) is 0 Å². The summed E-state index contributed by atoms with van der Waals surface area (Å²) in [5.74, 6) is 0.165. The van der Waals surface area contributed by atoms with E-state index in [1.165, 1.54) is 55.5 Å². The number of rotatable bonds is 15. The molecule has 1 unspecified atom stereocenters. The molecule has 0 aliphatic carbocycles. The lowest BCUT2D eigenvalue weighted by Gasteiger charge is -2.23. The Balaban J connectivity index is 1.79. The van der Waals surface area contributed by atoms with Gasteiger partial charge < -0.3 is 19.4 Å². The van der Waals surface area contributed by atoms with Crippen LogP contribution in [0, 0.1) is 18.3 Å². The second-order valence-corrected chi connectivity index (χ2v) is 13.6. The van der Waals surface area contributed by atoms with Crippen molar-refractivity contribution in [1.29, 1.82) is 0 Å². The molecular formula is C39H52N2O2. The number of aryl methyl sites for hydroxylation is 3. The van der Waals surface area contributed by atoms with Gasteiger partial charge in [-0.3, -0.25) is 0 Å². The van der Waals surface area contributed by atoms with Crippen molar-refractivity contribution in [3.8, 4) is 22.4 Å². The number of carbonyl (C=O) groups is 1. The van der Waals surface area contributed by atoms with Gasteiger partial charge in [-0.05, 0) is 99.0 Å². The van der Waals surface area contributed by atoms with Crippen LogP contribution in [-0.2, 0) is 30.7 Å². The number of fused-ring (bicyclic) bond motifs is 1. The van der Waals surface area contributed by atoms with Crippen LogP contribution in [0.1, 0.15) is 75.6 Å². The van der Waals surface area contributed by atoms with E-state index in [-0.39, 0.29) is 17.9 Å². The van der Waals surface area contributed by atoms with Crippen molar-refractivity contribution in [1.82, 2.24) is 9.47 Å². The summed E-state index contributed by atoms with van der Waals surface area (Å²) in [7, 11) is 4.25. The number of nitrogens with zero attached hydrogens (tertiary/aromatic N) is 2. The Morgan fingerprint density at radius 3 is 2.44 bits per heavy atom. The van der Waals surface area contributed by atoms with Crippen LogP contribution < -0.4 is 0 Å². The average Bonchev–Trinajstić information content (AvgIpc) is 3.28. The number of aldehydes is 1. The molecule has 3 aromatic carbocycles. The highest BCUT2D eigenvalue weighted by Crippen LogP contribution is 2.41. The summed E-state index contributed by atoms with van der Waals surface area (Å²) >= 11 is 0. The third kappa shape index (κ3) is 8.04. The van der Waals surface area contributed by atoms with Crippen LogP contribution in [0.25, 0.3) is 33.3 Å². The van der Waals surface area contributed by atoms with Crippen LogP contribution in [0.4, 0.5) is 0 Å². The van der Waals surface area contributed by atoms with Crippen molar-refractivity contribution < 1.29 is 9.90 Å². The summed E-state index contributed by atoms with van der Waals surface area (Å²) in [6.45, 7) is 12.6. The number of hydrogen-bond donors (Lipinski definition) is 1. The Bertz CT molecular complexity index is 1530. The van der Waals surface area contributed by atoms with E-state index >= 15 is 0 Å². The fourth-order valence-corrected chi connectivity index (χ4v) is 6.40. The largest absolute Gasteiger partial charge is 0.396 e. The summed E-state index contributed by atoms with van der Waals surface area (Å²) in [6, 6.07) is 22.8. The minimum atomic E-state index is -0.242. The molecule has 230 valence electrons. The fraction of sp³-hybridized carbons (Fsp3) is 0.462. The molecule has 1 heterocycles. The number of carbonyl (C=O) groups excluding carboxylic acids is 1. The third-order valence-corrected chi connectivity index (χ3v) is 8.65. The van der Waals surface area contributed by atoms with Gasteiger partial charge in [0.15, 0.2) is 0 Å². The normalized spacial score (nSPS) is 12.8. The second-order valence-electron chi connectivity index (χ2n) is 13.6. The van der Waals surface area contributed by atoms with Gasteiger partial charge in [0.25, 0.3) is 0 Å². The Morgan fingerprint density at radius 1 is 0.977 bits per heavy atom. The molecule has 1 atom stereocenters. The van der Waals surface area contributed by atoms with Crippen LogP contribution in [0.15, 0.2) is 60.7 Å². The smallest absolute Gasteiger partial charge is 0.122 e. The molecule has 0 radical (unpaired) electrons. The van der Waals surface area contributed by atoms with Gasteiger partial charge >= 0.3 is 0 Å². The highest BCUT2D eigenvalue weighted by Gasteiger charge is 2.26. The van der Waals surface area contributed by atoms with Crippen LogP contribution in [0.2, 0.25) is 0 Å². The maximum Gasteiger partial charge on any atom is 0.122 e. The molecule has 4 aromatic rings. The minimum Gasteiger partial charge on any atom is -0.396 e. The van der Waals surface area contributed by atoms with Crippen LogP contribution in [0.5, 0.6) is 0 Å². The second kappa shape index (κ2) is 14.5. The van der Waals surface area contributed by atoms with E-state index in [1.807, 2.05) is 6.92 Å². The highest BCUT2D eigenvalue weighted by molar-refractivity contribution is 5.95. The number of aromatic nitrogens is 1. The van der Waals surface area contributed by atoms with Crippen molar-refractivity contribution in [2.75, 3.05) is 20.7 Å². The first-order valence-electron chi connectivity index (χ1n) is 16.1. The lowest BCUT2D eigenvalue weighted by molar-refractivity contribution is -0.110. The minimum absolute atomic E-state index is 0.138. The van der Waals surface area contributed by atoms with Gasteiger partial charge in [-0.2, -0.15) is 0 Å². The van der Waals surface area contributed by atoms with Crippen molar-refractivity contribution >= 4 is 17.2 Å². The molecule has 0 saturated carbocycles. The number of hydrogen-bond acceptors (Lipinski definition) is 3. The van der Waals surface area contributed by atoms with Gasteiger partial charge in [0, 0.05) is 42.1 Å². The van der Waals surface area contributed by atoms with Crippen LogP contribution in [0.3, 0.4) is 0 Å². The molecule has 0 spiro atoms. The maximum absolute atomic E-state index is 10.9. The zero-order chi connectivity index (χ0) is 31.1. The lowest BCUT2D eigenvalue weighted by Crippen LogP contribution is -2.20. The summed E-state index contributed by atoms with van der Waals surface area (Å²) in [5, 5.41) is 11.6. The molecule has 1 N–H and O–H groups in total. The van der Waals surface area contributed by atoms with Gasteiger partial charge in [-0.15, -0.1) is 0 Å². The molecule has 4 nitrogen and oxygen atoms in total. The molecule has 0 saturated heterocycles. The summed E-state index contributed by atoms with van der Waals surface area (Å²) in [5.41, 5.74) is 11.4. The Morgan fingerprint density at radius 2 is 1.74 bits per heavy atom. The summed E-state index contributed by atoms with van der Waals surface area (Å²) in [4.78, 5) is 13.2. The Hall–Kier alpha value is -3.21. The molecule has 0 aliphatic rings. The lowest BCUT2D eigenvalue weighted by atomic mass is 9.84. The van der Waals surface area contributed by atoms with E-state index < -0.39 is 0 Å². The zero-order valence-corrected chi connectivity index (χ0v) is 27.5. The first-order valence-corrected chi connectivity index (χ1v) is 16.1. The standard InChI is InChI=1S/C39H52N2O2/c1-8-41-37-19-18-31(33-21-29(3)20-30(22-33)15-11-9-10-14-28(2)26-42)23-35(37)36(24-39(4,5)27-43)38(41)34-17-13-12-16-32(34)25-40(6)7/h12-13,16-23,26,28,43H,8-11,14-15,24-25,27H2,1-7H3. The van der Waals surface area contributed by atoms with E-state index in [1.54, 1.807) is 0 Å². The molecule has 4 rings (SSSR count). The van der Waals surface area contributed by atoms with E-state index in [0.717, 1.165) is 57.9 Å². The summed E-state index contributed by atoms with van der Waals surface area (Å²) < 4.78 is 2.48. The number of aliphatic hydroxyl groups excluding tert-OH is 1. The van der Waals surface area contributed by atoms with Crippen molar-refractivity contribution in [2.45, 2.75) is 86.2 Å². The first-order chi connectivity index (χ1) is 20.6. The molecular weight excluding hydrogens is 528 g/mol. The number of benzene rings is 3. The predicted molar refractivity (Wildman–Crippen MR) is 183 cm³/mol. The monoisotopic (exact) mass is 580 g/mol. The zero-order valence-electron chi connectivity index (χ0n) is 27.5. The van der Waals surface area contributed by atoms with Crippen molar-refractivity contribution in [3.05, 3.63) is 82.9 Å². The van der Waals surface area contributed by atoms with Crippen LogP contribution >= 0.6 is 0 Å². The molecule has 43 heavy (non-hydrogen) atoms. The molecule has 4 heteroatoms.